The Hall–Kier alpha value is -1.90. The molecule has 1 N–H and O–H groups in total. The van der Waals surface area contributed by atoms with Gasteiger partial charge in [-0.3, -0.25) is 9.79 Å². The van der Waals surface area contributed by atoms with E-state index in [0.29, 0.717) is 0 Å². The van der Waals surface area contributed by atoms with Gasteiger partial charge in [0.2, 0.25) is 5.78 Å². The number of ketones is 1. The van der Waals surface area contributed by atoms with Crippen LogP contribution in [0.1, 0.15) is 184 Å². The quantitative estimate of drug-likeness (QED) is 0.108. The summed E-state index contributed by atoms with van der Waals surface area (Å²) in [5, 5.41) is 3.46. The highest BCUT2D eigenvalue weighted by molar-refractivity contribution is 6.25. The third-order valence-corrected chi connectivity index (χ3v) is 8.61. The number of aliphatic imine (C=N–C) groups is 1. The van der Waals surface area contributed by atoms with E-state index in [4.69, 9.17) is 4.99 Å². The topological polar surface area (TPSA) is 41.5 Å². The van der Waals surface area contributed by atoms with Gasteiger partial charge in [0.15, 0.2) is 0 Å². The van der Waals surface area contributed by atoms with Gasteiger partial charge >= 0.3 is 0 Å². The maximum Gasteiger partial charge on any atom is 0.209 e. The Morgan fingerprint density at radius 2 is 0.951 bits per heavy atom. The average Bonchev–Trinajstić information content (AvgIpc) is 2.99. The van der Waals surface area contributed by atoms with E-state index in [2.05, 4.69) is 19.2 Å². The minimum Gasteiger partial charge on any atom is -0.382 e. The number of nitrogens with one attached hydrogen (secondary N) is 1. The van der Waals surface area contributed by atoms with Crippen LogP contribution in [-0.2, 0) is 0 Å². The maximum atomic E-state index is 13.1. The van der Waals surface area contributed by atoms with Gasteiger partial charge in [0, 0.05) is 24.2 Å². The first-order valence-corrected chi connectivity index (χ1v) is 17.9. The standard InChI is InChI=1S/C38H64N2O/c1-3-5-7-9-11-13-15-17-19-21-23-27-31-39-36-33-37(38(41)35-30-26-25-29-34(35)36)40-32-28-24-22-20-18-16-14-12-10-8-6-4-2/h25-26,29-30,33,40H,3-24,27-28,31-32H2,1-2H3. The highest BCUT2D eigenvalue weighted by atomic mass is 16.1. The second-order valence-electron chi connectivity index (χ2n) is 12.4. The van der Waals surface area contributed by atoms with Crippen LogP contribution in [0.15, 0.2) is 41.0 Å². The average molecular weight is 565 g/mol. The summed E-state index contributed by atoms with van der Waals surface area (Å²) in [5.41, 5.74) is 3.48. The van der Waals surface area contributed by atoms with Gasteiger partial charge in [-0.05, 0) is 18.9 Å². The molecule has 0 saturated heterocycles. The first kappa shape index (κ1) is 35.3. The molecule has 0 amide bonds. The lowest BCUT2D eigenvalue weighted by atomic mass is 9.92. The van der Waals surface area contributed by atoms with E-state index in [9.17, 15) is 4.79 Å². The first-order chi connectivity index (χ1) is 20.3. The molecule has 3 heteroatoms. The van der Waals surface area contributed by atoms with Crippen molar-refractivity contribution in [3.05, 3.63) is 47.2 Å². The molecule has 0 unspecified atom stereocenters. The van der Waals surface area contributed by atoms with Gasteiger partial charge in [-0.2, -0.15) is 0 Å². The number of rotatable bonds is 27. The van der Waals surface area contributed by atoms with Gasteiger partial charge in [0.25, 0.3) is 0 Å². The van der Waals surface area contributed by atoms with Crippen molar-refractivity contribution in [3.63, 3.8) is 0 Å². The molecule has 1 aromatic rings. The molecule has 0 heterocycles. The lowest BCUT2D eigenvalue weighted by Gasteiger charge is -2.19. The van der Waals surface area contributed by atoms with Crippen LogP contribution in [0.25, 0.3) is 0 Å². The zero-order chi connectivity index (χ0) is 29.2. The summed E-state index contributed by atoms with van der Waals surface area (Å²) >= 11 is 0. The smallest absolute Gasteiger partial charge is 0.209 e. The molecule has 0 radical (unpaired) electrons. The minimum atomic E-state index is 0.115. The van der Waals surface area contributed by atoms with Crippen molar-refractivity contribution >= 4 is 11.5 Å². The van der Waals surface area contributed by atoms with Crippen LogP contribution in [-0.4, -0.2) is 24.6 Å². The van der Waals surface area contributed by atoms with Crippen molar-refractivity contribution in [1.82, 2.24) is 5.32 Å². The molecule has 0 aromatic heterocycles. The lowest BCUT2D eigenvalue weighted by Crippen LogP contribution is -2.27. The van der Waals surface area contributed by atoms with E-state index >= 15 is 0 Å². The molecule has 1 aliphatic rings. The second-order valence-corrected chi connectivity index (χ2v) is 12.4. The van der Waals surface area contributed by atoms with Crippen molar-refractivity contribution in [2.24, 2.45) is 4.99 Å². The van der Waals surface area contributed by atoms with Gasteiger partial charge in [-0.25, -0.2) is 0 Å². The first-order valence-electron chi connectivity index (χ1n) is 17.9. The van der Waals surface area contributed by atoms with Crippen molar-refractivity contribution in [2.75, 3.05) is 13.1 Å². The molecule has 0 fully saturated rings. The predicted molar refractivity (Wildman–Crippen MR) is 180 cm³/mol. The highest BCUT2D eigenvalue weighted by Crippen LogP contribution is 2.21. The minimum absolute atomic E-state index is 0.115. The summed E-state index contributed by atoms with van der Waals surface area (Å²) in [6.45, 7) is 6.28. The van der Waals surface area contributed by atoms with Crippen molar-refractivity contribution in [3.8, 4) is 0 Å². The largest absolute Gasteiger partial charge is 0.382 e. The van der Waals surface area contributed by atoms with Gasteiger partial charge in [0.05, 0.1) is 11.4 Å². The molecule has 3 nitrogen and oxygen atoms in total. The number of allylic oxidation sites excluding steroid dienone is 2. The molecule has 0 spiro atoms. The molecule has 0 atom stereocenters. The van der Waals surface area contributed by atoms with E-state index in [1.807, 2.05) is 30.3 Å². The number of fused-ring (bicyclic) bond motifs is 1. The zero-order valence-electron chi connectivity index (χ0n) is 27.1. The van der Waals surface area contributed by atoms with Gasteiger partial charge in [0.1, 0.15) is 0 Å². The van der Waals surface area contributed by atoms with E-state index in [1.165, 1.54) is 141 Å². The van der Waals surface area contributed by atoms with E-state index < -0.39 is 0 Å². The molecule has 0 saturated carbocycles. The van der Waals surface area contributed by atoms with Gasteiger partial charge < -0.3 is 5.32 Å². The fourth-order valence-corrected chi connectivity index (χ4v) is 5.93. The van der Waals surface area contributed by atoms with Crippen LogP contribution < -0.4 is 5.32 Å². The summed E-state index contributed by atoms with van der Waals surface area (Å²) in [6.07, 6.45) is 34.4. The van der Waals surface area contributed by atoms with Crippen molar-refractivity contribution in [2.45, 2.75) is 168 Å². The number of hydrogen-bond donors (Lipinski definition) is 1. The van der Waals surface area contributed by atoms with Crippen LogP contribution in [0.4, 0.5) is 0 Å². The number of unbranched alkanes of at least 4 members (excludes halogenated alkanes) is 22. The third kappa shape index (κ3) is 16.4. The third-order valence-electron chi connectivity index (χ3n) is 8.61. The lowest BCUT2D eigenvalue weighted by molar-refractivity contribution is 0.102. The number of carbonyl (C=O) groups excluding carboxylic acids is 1. The van der Waals surface area contributed by atoms with Crippen LogP contribution in [0.3, 0.4) is 0 Å². The zero-order valence-corrected chi connectivity index (χ0v) is 27.1. The molecule has 0 bridgehead atoms. The fourth-order valence-electron chi connectivity index (χ4n) is 5.93. The maximum absolute atomic E-state index is 13.1. The molecule has 2 rings (SSSR count). The number of hydrogen-bond acceptors (Lipinski definition) is 3. The molecular weight excluding hydrogens is 500 g/mol. The number of nitrogens with zero attached hydrogens (tertiary/aromatic N) is 1. The van der Waals surface area contributed by atoms with Crippen molar-refractivity contribution < 1.29 is 4.79 Å². The summed E-state index contributed by atoms with van der Waals surface area (Å²) in [6, 6.07) is 7.99. The summed E-state index contributed by atoms with van der Waals surface area (Å²) in [5.74, 6) is 0.115. The van der Waals surface area contributed by atoms with Crippen LogP contribution in [0.5, 0.6) is 0 Å². The predicted octanol–water partition coefficient (Wildman–Crippen LogP) is 11.5. The second kappa shape index (κ2) is 24.7. The number of carbonyl (C=O) groups is 1. The van der Waals surface area contributed by atoms with E-state index in [-0.39, 0.29) is 5.78 Å². The monoisotopic (exact) mass is 565 g/mol. The van der Waals surface area contributed by atoms with Gasteiger partial charge in [-0.1, -0.05) is 179 Å². The Morgan fingerprint density at radius 1 is 0.537 bits per heavy atom. The molecule has 1 aromatic carbocycles. The normalized spacial score (nSPS) is 14.0. The molecule has 1 aliphatic carbocycles. The summed E-state index contributed by atoms with van der Waals surface area (Å²) < 4.78 is 0. The SMILES string of the molecule is CCCCCCCCCCCCCCN=C1C=C(NCCCCCCCCCCCCCC)C(=O)c2ccccc21. The highest BCUT2D eigenvalue weighted by Gasteiger charge is 2.23. The van der Waals surface area contributed by atoms with Crippen LogP contribution in [0, 0.1) is 0 Å². The molecular formula is C38H64N2O. The molecule has 0 aliphatic heterocycles. The Bertz CT molecular complexity index is 856. The van der Waals surface area contributed by atoms with E-state index in [1.54, 1.807) is 0 Å². The summed E-state index contributed by atoms with van der Waals surface area (Å²) in [7, 11) is 0. The molecule has 232 valence electrons. The molecule has 41 heavy (non-hydrogen) atoms. The number of benzene rings is 1. The van der Waals surface area contributed by atoms with Gasteiger partial charge in [-0.15, -0.1) is 0 Å². The van der Waals surface area contributed by atoms with E-state index in [0.717, 1.165) is 48.5 Å². The fraction of sp³-hybridized carbons (Fsp3) is 0.737. The Balaban J connectivity index is 1.61. The number of Topliss-reactive ketones (excluding diaryl/α,β-unsaturated/α-hetero) is 1. The Morgan fingerprint density at radius 3 is 1.44 bits per heavy atom. The van der Waals surface area contributed by atoms with Crippen LogP contribution in [0.2, 0.25) is 0 Å². The van der Waals surface area contributed by atoms with Crippen LogP contribution >= 0.6 is 0 Å². The summed E-state index contributed by atoms with van der Waals surface area (Å²) in [4.78, 5) is 18.1. The van der Waals surface area contributed by atoms with Crippen molar-refractivity contribution in [1.29, 1.82) is 0 Å². The Labute approximate surface area is 254 Å². The Kier molecular flexibility index (Phi) is 21.2.